The summed E-state index contributed by atoms with van der Waals surface area (Å²) in [6.45, 7) is 1.76. The van der Waals surface area contributed by atoms with E-state index in [1.54, 1.807) is 0 Å². The van der Waals surface area contributed by atoms with E-state index in [1.807, 2.05) is 71.6 Å². The molecule has 1 aliphatic heterocycles. The first-order chi connectivity index (χ1) is 16.2. The Morgan fingerprint density at radius 2 is 1.85 bits per heavy atom. The van der Waals surface area contributed by atoms with E-state index in [2.05, 4.69) is 15.3 Å². The second-order valence-corrected chi connectivity index (χ2v) is 8.71. The Morgan fingerprint density at radius 1 is 1.03 bits per heavy atom. The summed E-state index contributed by atoms with van der Waals surface area (Å²) in [4.78, 5) is 35.8. The van der Waals surface area contributed by atoms with Gasteiger partial charge in [-0.2, -0.15) is 0 Å². The number of fused-ring (bicyclic) bond motifs is 2. The Kier molecular flexibility index (Phi) is 6.07. The summed E-state index contributed by atoms with van der Waals surface area (Å²) in [5.74, 6) is 0.822. The smallest absolute Gasteiger partial charge is 0.254 e. The van der Waals surface area contributed by atoms with Crippen molar-refractivity contribution in [3.05, 3.63) is 78.1 Å². The number of hydrogen-bond acceptors (Lipinski definition) is 3. The van der Waals surface area contributed by atoms with Crippen molar-refractivity contribution in [3.8, 4) is 0 Å². The second kappa shape index (κ2) is 9.45. The topological polar surface area (TPSA) is 78.1 Å². The van der Waals surface area contributed by atoms with Crippen LogP contribution in [0.4, 0.5) is 0 Å². The maximum Gasteiger partial charge on any atom is 0.254 e. The number of aryl methyl sites for hydroxylation is 1. The van der Waals surface area contributed by atoms with Crippen LogP contribution in [0.1, 0.15) is 35.4 Å². The third-order valence-electron chi connectivity index (χ3n) is 6.43. The number of aromatic amines is 1. The highest BCUT2D eigenvalue weighted by molar-refractivity contribution is 6.07. The van der Waals surface area contributed by atoms with Gasteiger partial charge in [-0.05, 0) is 48.2 Å². The number of nitrogens with one attached hydrogen (secondary N) is 2. The van der Waals surface area contributed by atoms with E-state index >= 15 is 0 Å². The first-order valence-corrected chi connectivity index (χ1v) is 11.7. The molecule has 4 aromatic rings. The molecule has 0 radical (unpaired) electrons. The number of carbonyl (C=O) groups is 2. The fourth-order valence-corrected chi connectivity index (χ4v) is 4.69. The predicted molar refractivity (Wildman–Crippen MR) is 130 cm³/mol. The van der Waals surface area contributed by atoms with Gasteiger partial charge in [-0.25, -0.2) is 4.98 Å². The number of rotatable bonds is 6. The first-order valence-electron chi connectivity index (χ1n) is 11.7. The van der Waals surface area contributed by atoms with Gasteiger partial charge in [-0.3, -0.25) is 9.59 Å². The van der Waals surface area contributed by atoms with Crippen LogP contribution in [0.3, 0.4) is 0 Å². The molecule has 2 N–H and O–H groups in total. The molecule has 1 aromatic heterocycles. The van der Waals surface area contributed by atoms with Crippen molar-refractivity contribution in [2.75, 3.05) is 19.6 Å². The SMILES string of the molecule is O=C(NCCCc1nc2ccccc2[nH]1)C1CCCN(C(=O)c2cccc3ccccc23)C1. The summed E-state index contributed by atoms with van der Waals surface area (Å²) >= 11 is 0. The van der Waals surface area contributed by atoms with Crippen LogP contribution in [0, 0.1) is 5.92 Å². The number of H-pyrrole nitrogens is 1. The molecule has 0 aliphatic carbocycles. The molecule has 1 atom stereocenters. The lowest BCUT2D eigenvalue weighted by molar-refractivity contribution is -0.126. The summed E-state index contributed by atoms with van der Waals surface area (Å²) in [6, 6.07) is 21.7. The Bertz CT molecular complexity index is 1260. The molecule has 168 valence electrons. The summed E-state index contributed by atoms with van der Waals surface area (Å²) in [6.07, 6.45) is 3.25. The van der Waals surface area contributed by atoms with Crippen molar-refractivity contribution in [1.82, 2.24) is 20.2 Å². The Morgan fingerprint density at radius 3 is 2.76 bits per heavy atom. The van der Waals surface area contributed by atoms with Gasteiger partial charge in [0.25, 0.3) is 5.91 Å². The highest BCUT2D eigenvalue weighted by Gasteiger charge is 2.29. The molecule has 6 heteroatoms. The molecular formula is C27H28N4O2. The van der Waals surface area contributed by atoms with E-state index in [0.717, 1.165) is 53.3 Å². The van der Waals surface area contributed by atoms with Crippen LogP contribution in [-0.4, -0.2) is 46.3 Å². The van der Waals surface area contributed by atoms with Gasteiger partial charge in [-0.15, -0.1) is 0 Å². The Balaban J connectivity index is 1.15. The van der Waals surface area contributed by atoms with E-state index in [9.17, 15) is 9.59 Å². The minimum Gasteiger partial charge on any atom is -0.356 e. The number of imidazole rings is 1. The van der Waals surface area contributed by atoms with Gasteiger partial charge in [0.2, 0.25) is 5.91 Å². The molecule has 1 aliphatic rings. The van der Waals surface area contributed by atoms with Gasteiger partial charge in [0.05, 0.1) is 17.0 Å². The maximum absolute atomic E-state index is 13.3. The Hall–Kier alpha value is -3.67. The molecular weight excluding hydrogens is 412 g/mol. The molecule has 33 heavy (non-hydrogen) atoms. The summed E-state index contributed by atoms with van der Waals surface area (Å²) < 4.78 is 0. The number of benzene rings is 3. The largest absolute Gasteiger partial charge is 0.356 e. The number of amides is 2. The highest BCUT2D eigenvalue weighted by atomic mass is 16.2. The second-order valence-electron chi connectivity index (χ2n) is 8.71. The molecule has 3 aromatic carbocycles. The van der Waals surface area contributed by atoms with Crippen molar-refractivity contribution in [2.45, 2.75) is 25.7 Å². The molecule has 2 amide bonds. The zero-order chi connectivity index (χ0) is 22.6. The Labute approximate surface area is 193 Å². The lowest BCUT2D eigenvalue weighted by Crippen LogP contribution is -2.45. The quantitative estimate of drug-likeness (QED) is 0.439. The van der Waals surface area contributed by atoms with Gasteiger partial charge < -0.3 is 15.2 Å². The van der Waals surface area contributed by atoms with Gasteiger partial charge in [0.15, 0.2) is 0 Å². The average molecular weight is 441 g/mol. The van der Waals surface area contributed by atoms with Crippen LogP contribution < -0.4 is 5.32 Å². The minimum absolute atomic E-state index is 0.00851. The number of piperidine rings is 1. The fourth-order valence-electron chi connectivity index (χ4n) is 4.69. The number of carbonyl (C=O) groups excluding carboxylic acids is 2. The molecule has 0 bridgehead atoms. The van der Waals surface area contributed by atoms with Crippen molar-refractivity contribution in [2.24, 2.45) is 5.92 Å². The van der Waals surface area contributed by atoms with Crippen molar-refractivity contribution >= 4 is 33.6 Å². The molecule has 0 spiro atoms. The highest BCUT2D eigenvalue weighted by Crippen LogP contribution is 2.23. The van der Waals surface area contributed by atoms with Crippen LogP contribution in [0.5, 0.6) is 0 Å². The molecule has 1 saturated heterocycles. The van der Waals surface area contributed by atoms with E-state index < -0.39 is 0 Å². The summed E-state index contributed by atoms with van der Waals surface area (Å²) in [5, 5.41) is 5.08. The number of aromatic nitrogens is 2. The molecule has 2 heterocycles. The van der Waals surface area contributed by atoms with E-state index in [1.165, 1.54) is 0 Å². The minimum atomic E-state index is -0.163. The first kappa shape index (κ1) is 21.2. The van der Waals surface area contributed by atoms with Crippen molar-refractivity contribution in [1.29, 1.82) is 0 Å². The summed E-state index contributed by atoms with van der Waals surface area (Å²) in [7, 11) is 0. The molecule has 1 fully saturated rings. The monoisotopic (exact) mass is 440 g/mol. The van der Waals surface area contributed by atoms with E-state index in [4.69, 9.17) is 0 Å². The van der Waals surface area contributed by atoms with Crippen molar-refractivity contribution in [3.63, 3.8) is 0 Å². The fraction of sp³-hybridized carbons (Fsp3) is 0.296. The van der Waals surface area contributed by atoms with Crippen LogP contribution in [-0.2, 0) is 11.2 Å². The lowest BCUT2D eigenvalue weighted by Gasteiger charge is -2.32. The van der Waals surface area contributed by atoms with Crippen LogP contribution in [0.2, 0.25) is 0 Å². The third-order valence-corrected chi connectivity index (χ3v) is 6.43. The van der Waals surface area contributed by atoms with Gasteiger partial charge in [0.1, 0.15) is 5.82 Å². The van der Waals surface area contributed by atoms with Crippen molar-refractivity contribution < 1.29 is 9.59 Å². The van der Waals surface area contributed by atoms with Crippen LogP contribution in [0.25, 0.3) is 21.8 Å². The number of para-hydroxylation sites is 2. The van der Waals surface area contributed by atoms with Gasteiger partial charge >= 0.3 is 0 Å². The van der Waals surface area contributed by atoms with E-state index in [-0.39, 0.29) is 17.7 Å². The third kappa shape index (κ3) is 4.60. The van der Waals surface area contributed by atoms with Gasteiger partial charge in [0, 0.05) is 31.6 Å². The molecule has 6 nitrogen and oxygen atoms in total. The average Bonchev–Trinajstić information content (AvgIpc) is 3.29. The number of hydrogen-bond donors (Lipinski definition) is 2. The molecule has 0 saturated carbocycles. The van der Waals surface area contributed by atoms with Crippen LogP contribution in [0.15, 0.2) is 66.7 Å². The number of nitrogens with zero attached hydrogens (tertiary/aromatic N) is 2. The number of likely N-dealkylation sites (tertiary alicyclic amines) is 1. The molecule has 1 unspecified atom stereocenters. The van der Waals surface area contributed by atoms with Crippen LogP contribution >= 0.6 is 0 Å². The zero-order valence-electron chi connectivity index (χ0n) is 18.6. The normalized spacial score (nSPS) is 16.2. The predicted octanol–water partition coefficient (Wildman–Crippen LogP) is 4.32. The standard InChI is InChI=1S/C27H28N4O2/c32-26(28-16-6-15-25-29-23-13-3-4-14-24(23)30-25)20-10-7-17-31(18-20)27(33)22-12-5-9-19-8-1-2-11-21(19)22/h1-5,8-9,11-14,20H,6-7,10,15-18H2,(H,28,32)(H,29,30). The zero-order valence-corrected chi connectivity index (χ0v) is 18.6. The van der Waals surface area contributed by atoms with Gasteiger partial charge in [-0.1, -0.05) is 48.5 Å². The molecule has 5 rings (SSSR count). The van der Waals surface area contributed by atoms with E-state index in [0.29, 0.717) is 25.2 Å². The summed E-state index contributed by atoms with van der Waals surface area (Å²) in [5.41, 5.74) is 2.71. The maximum atomic E-state index is 13.3. The lowest BCUT2D eigenvalue weighted by atomic mass is 9.95.